The molecule has 0 amide bonds. The van der Waals surface area contributed by atoms with Gasteiger partial charge in [-0.2, -0.15) is 25.3 Å². The van der Waals surface area contributed by atoms with Gasteiger partial charge < -0.3 is 49.6 Å². The van der Waals surface area contributed by atoms with Crippen LogP contribution in [0.1, 0.15) is 19.3 Å². The van der Waals surface area contributed by atoms with Crippen LogP contribution < -0.4 is 0 Å². The Bertz CT molecular complexity index is 471. The second-order valence-corrected chi connectivity index (χ2v) is 7.97. The minimum atomic E-state index is -1.62. The Balaban J connectivity index is 1.98. The van der Waals surface area contributed by atoms with Gasteiger partial charge in [0.25, 0.3) is 0 Å². The fourth-order valence-corrected chi connectivity index (χ4v) is 3.81. The van der Waals surface area contributed by atoms with Gasteiger partial charge in [-0.3, -0.25) is 0 Å². The summed E-state index contributed by atoms with van der Waals surface area (Å²) in [5.74, 6) is 0.811. The van der Waals surface area contributed by atoms with Crippen molar-refractivity contribution in [2.24, 2.45) is 0 Å². The lowest BCUT2D eigenvalue weighted by Gasteiger charge is -2.46. The van der Waals surface area contributed by atoms with Crippen LogP contribution in [0.5, 0.6) is 0 Å². The van der Waals surface area contributed by atoms with Gasteiger partial charge in [0.2, 0.25) is 0 Å². The molecule has 6 N–H and O–H groups in total. The molecular formula is C17H32O10S2. The zero-order valence-corrected chi connectivity index (χ0v) is 17.7. The molecule has 0 aliphatic carbocycles. The lowest BCUT2D eigenvalue weighted by atomic mass is 9.97. The van der Waals surface area contributed by atoms with Crippen molar-refractivity contribution in [2.45, 2.75) is 80.7 Å². The molecule has 0 aromatic heterocycles. The van der Waals surface area contributed by atoms with Gasteiger partial charge in [0, 0.05) is 12.4 Å². The molecule has 0 bridgehead atoms. The van der Waals surface area contributed by atoms with E-state index in [0.29, 0.717) is 6.61 Å². The number of hydrogen-bond donors (Lipinski definition) is 8. The number of unbranched alkanes of at least 4 members (excludes halogenated alkanes) is 2. The maximum absolute atomic E-state index is 10.5. The van der Waals surface area contributed by atoms with E-state index >= 15 is 0 Å². The van der Waals surface area contributed by atoms with Crippen LogP contribution in [-0.4, -0.2) is 117 Å². The molecule has 12 heteroatoms. The van der Waals surface area contributed by atoms with Crippen LogP contribution in [-0.2, 0) is 18.9 Å². The van der Waals surface area contributed by atoms with E-state index in [1.165, 1.54) is 0 Å². The Hall–Kier alpha value is 0.300. The second kappa shape index (κ2) is 12.4. The quantitative estimate of drug-likeness (QED) is 0.131. The lowest BCUT2D eigenvalue weighted by Crippen LogP contribution is -2.64. The van der Waals surface area contributed by atoms with E-state index in [4.69, 9.17) is 18.9 Å². The molecule has 0 saturated carbocycles. The second-order valence-electron chi connectivity index (χ2n) is 7.16. The van der Waals surface area contributed by atoms with Gasteiger partial charge >= 0.3 is 0 Å². The summed E-state index contributed by atoms with van der Waals surface area (Å²) < 4.78 is 22.0. The molecule has 172 valence electrons. The van der Waals surface area contributed by atoms with Crippen LogP contribution >= 0.6 is 25.3 Å². The number of aliphatic hydroxyl groups is 6. The van der Waals surface area contributed by atoms with E-state index in [9.17, 15) is 30.6 Å². The molecule has 0 spiro atoms. The Morgan fingerprint density at radius 3 is 2.00 bits per heavy atom. The number of thiol groups is 2. The van der Waals surface area contributed by atoms with Gasteiger partial charge in [-0.1, -0.05) is 6.42 Å². The van der Waals surface area contributed by atoms with Crippen molar-refractivity contribution >= 4 is 25.3 Å². The topological polar surface area (TPSA) is 158 Å². The normalized spacial score (nSPS) is 43.4. The van der Waals surface area contributed by atoms with Crippen molar-refractivity contribution in [1.29, 1.82) is 0 Å². The molecule has 6 unspecified atom stereocenters. The first kappa shape index (κ1) is 25.6. The monoisotopic (exact) mass is 460 g/mol. The zero-order chi connectivity index (χ0) is 21.6. The van der Waals surface area contributed by atoms with Crippen LogP contribution in [0.3, 0.4) is 0 Å². The van der Waals surface area contributed by atoms with Gasteiger partial charge in [0.1, 0.15) is 42.7 Å². The van der Waals surface area contributed by atoms with E-state index in [-0.39, 0.29) is 5.75 Å². The average Bonchev–Trinajstić information content (AvgIpc) is 2.72. The number of aliphatic hydroxyl groups excluding tert-OH is 6. The first-order chi connectivity index (χ1) is 13.8. The van der Waals surface area contributed by atoms with Crippen molar-refractivity contribution in [1.82, 2.24) is 0 Å². The maximum atomic E-state index is 10.5. The minimum absolute atomic E-state index is 0.0454. The zero-order valence-electron chi connectivity index (χ0n) is 15.9. The summed E-state index contributed by atoms with van der Waals surface area (Å²) in [6.07, 6.45) is -10.9. The molecule has 2 rings (SSSR count). The highest BCUT2D eigenvalue weighted by Gasteiger charge is 2.50. The third-order valence-electron chi connectivity index (χ3n) is 5.04. The molecule has 2 fully saturated rings. The molecule has 0 aromatic carbocycles. The van der Waals surface area contributed by atoms with Crippen molar-refractivity contribution in [3.63, 3.8) is 0 Å². The summed E-state index contributed by atoms with van der Waals surface area (Å²) in [5, 5.41) is 60.5. The first-order valence-electron chi connectivity index (χ1n) is 9.66. The molecule has 2 saturated heterocycles. The van der Waals surface area contributed by atoms with Crippen LogP contribution in [0.25, 0.3) is 0 Å². The molecular weight excluding hydrogens is 428 g/mol. The number of rotatable bonds is 10. The van der Waals surface area contributed by atoms with Gasteiger partial charge in [-0.05, 0) is 18.6 Å². The van der Waals surface area contributed by atoms with E-state index in [1.807, 2.05) is 0 Å². The maximum Gasteiger partial charge on any atom is 0.187 e. The molecule has 0 aromatic rings. The Labute approximate surface area is 180 Å². The molecule has 10 nitrogen and oxygen atoms in total. The molecule has 29 heavy (non-hydrogen) atoms. The molecule has 2 heterocycles. The number of ether oxygens (including phenoxy) is 4. The standard InChI is InChI=1S/C17H32O10S2/c18-6-8-15(27-17-13(22)11(20)10(19)9(7-29)26-17)12(21)14(23)16(25-8)24-4-2-1-3-5-28/h8-23,28-29H,1-7H2/t8?,9?,10-,11?,12?,13?,14?,15+,16+,17-/m0/s1. The number of hydrogen-bond acceptors (Lipinski definition) is 12. The predicted molar refractivity (Wildman–Crippen MR) is 107 cm³/mol. The van der Waals surface area contributed by atoms with Crippen molar-refractivity contribution in [3.05, 3.63) is 0 Å². The van der Waals surface area contributed by atoms with Crippen molar-refractivity contribution in [3.8, 4) is 0 Å². The fourth-order valence-electron chi connectivity index (χ4n) is 3.28. The summed E-state index contributed by atoms with van der Waals surface area (Å²) in [7, 11) is 0. The molecule has 10 atom stereocenters. The fraction of sp³-hybridized carbons (Fsp3) is 1.00. The van der Waals surface area contributed by atoms with Crippen LogP contribution in [0.15, 0.2) is 0 Å². The predicted octanol–water partition coefficient (Wildman–Crippen LogP) is -2.34. The van der Waals surface area contributed by atoms with Crippen molar-refractivity contribution < 1.29 is 49.6 Å². The van der Waals surface area contributed by atoms with E-state index in [2.05, 4.69) is 25.3 Å². The SMILES string of the molecule is OCC1O[C@@H](OCCCCCS)C(O)C(O)[C@@H]1O[C@@H]1OC(CS)[C@H](O)C(O)C1O. The average molecular weight is 461 g/mol. The highest BCUT2D eigenvalue weighted by atomic mass is 32.1. The van der Waals surface area contributed by atoms with E-state index < -0.39 is 68.0 Å². The van der Waals surface area contributed by atoms with Gasteiger partial charge in [-0.25, -0.2) is 0 Å². The highest BCUT2D eigenvalue weighted by molar-refractivity contribution is 7.80. The largest absolute Gasteiger partial charge is 0.394 e. The van der Waals surface area contributed by atoms with Gasteiger partial charge in [0.05, 0.1) is 12.7 Å². The third kappa shape index (κ3) is 6.40. The van der Waals surface area contributed by atoms with Crippen LogP contribution in [0.4, 0.5) is 0 Å². The Kier molecular flexibility index (Phi) is 10.9. The summed E-state index contributed by atoms with van der Waals surface area (Å²) in [6.45, 7) is -0.262. The summed E-state index contributed by atoms with van der Waals surface area (Å²) in [5.41, 5.74) is 0. The minimum Gasteiger partial charge on any atom is -0.394 e. The Morgan fingerprint density at radius 2 is 1.38 bits per heavy atom. The van der Waals surface area contributed by atoms with Gasteiger partial charge in [0.15, 0.2) is 12.6 Å². The highest BCUT2D eigenvalue weighted by Crippen LogP contribution is 2.29. The summed E-state index contributed by atoms with van der Waals surface area (Å²) in [4.78, 5) is 0. The van der Waals surface area contributed by atoms with E-state index in [0.717, 1.165) is 25.0 Å². The van der Waals surface area contributed by atoms with Crippen LogP contribution in [0.2, 0.25) is 0 Å². The van der Waals surface area contributed by atoms with E-state index in [1.54, 1.807) is 0 Å². The van der Waals surface area contributed by atoms with Gasteiger partial charge in [-0.15, -0.1) is 0 Å². The van der Waals surface area contributed by atoms with Crippen molar-refractivity contribution in [2.75, 3.05) is 24.7 Å². The third-order valence-corrected chi connectivity index (χ3v) is 5.72. The summed E-state index contributed by atoms with van der Waals surface area (Å²) in [6, 6.07) is 0. The smallest absolute Gasteiger partial charge is 0.187 e. The molecule has 0 radical (unpaired) electrons. The molecule has 2 aliphatic heterocycles. The summed E-state index contributed by atoms with van der Waals surface area (Å²) >= 11 is 8.15. The first-order valence-corrected chi connectivity index (χ1v) is 10.9. The van der Waals surface area contributed by atoms with Crippen LogP contribution in [0, 0.1) is 0 Å². The molecule has 2 aliphatic rings. The lowest BCUT2D eigenvalue weighted by molar-refractivity contribution is -0.356. The Morgan fingerprint density at radius 1 is 0.724 bits per heavy atom.